The van der Waals surface area contributed by atoms with Crippen LogP contribution in [0, 0.1) is 11.7 Å². The van der Waals surface area contributed by atoms with Crippen LogP contribution in [0.2, 0.25) is 5.02 Å². The predicted octanol–water partition coefficient (Wildman–Crippen LogP) is 6.30. The van der Waals surface area contributed by atoms with Gasteiger partial charge < -0.3 is 15.1 Å². The summed E-state index contributed by atoms with van der Waals surface area (Å²) in [5, 5.41) is 3.05. The van der Waals surface area contributed by atoms with Crippen LogP contribution in [-0.2, 0) is 0 Å². The van der Waals surface area contributed by atoms with Crippen molar-refractivity contribution in [1.29, 1.82) is 0 Å². The first-order valence-electron chi connectivity index (χ1n) is 12.8. The molecule has 184 valence electrons. The lowest BCUT2D eigenvalue weighted by Gasteiger charge is -2.38. The molecule has 2 saturated heterocycles. The van der Waals surface area contributed by atoms with E-state index in [-0.39, 0.29) is 10.9 Å². The third-order valence-corrected chi connectivity index (χ3v) is 7.70. The summed E-state index contributed by atoms with van der Waals surface area (Å²) >= 11 is 5.91. The summed E-state index contributed by atoms with van der Waals surface area (Å²) < 4.78 is 13.6. The number of carbonyl (C=O) groups excluding carboxylic acids is 1. The highest BCUT2D eigenvalue weighted by Crippen LogP contribution is 2.30. The average Bonchev–Trinajstić information content (AvgIpc) is 2.84. The molecule has 2 aliphatic heterocycles. The number of nitrogens with one attached hydrogen (secondary N) is 1. The number of likely N-dealkylation sites (tertiary alicyclic amines) is 2. The van der Waals surface area contributed by atoms with Crippen LogP contribution in [0.4, 0.5) is 4.39 Å². The van der Waals surface area contributed by atoms with Gasteiger partial charge in [-0.15, -0.1) is 0 Å². The zero-order valence-electron chi connectivity index (χ0n) is 20.3. The van der Waals surface area contributed by atoms with E-state index in [4.69, 9.17) is 11.6 Å². The van der Waals surface area contributed by atoms with Gasteiger partial charge in [0.25, 0.3) is 5.91 Å². The Morgan fingerprint density at radius 1 is 1.15 bits per heavy atom. The van der Waals surface area contributed by atoms with Crippen molar-refractivity contribution in [3.63, 3.8) is 0 Å². The molecule has 1 aromatic rings. The molecule has 34 heavy (non-hydrogen) atoms. The second kappa shape index (κ2) is 12.0. The number of amides is 1. The Balaban J connectivity index is 1.42. The molecule has 0 bridgehead atoms. The molecule has 0 unspecified atom stereocenters. The maximum atomic E-state index is 13.6. The smallest absolute Gasteiger partial charge is 0.255 e. The van der Waals surface area contributed by atoms with Gasteiger partial charge in [-0.1, -0.05) is 30.2 Å². The minimum Gasteiger partial charge on any atom is -0.370 e. The Bertz CT molecular complexity index is 956. The molecule has 1 amide bonds. The third-order valence-electron chi connectivity index (χ3n) is 7.41. The molecule has 1 aliphatic carbocycles. The Hall–Kier alpha value is -2.11. The van der Waals surface area contributed by atoms with Gasteiger partial charge in [-0.3, -0.25) is 4.79 Å². The van der Waals surface area contributed by atoms with Crippen molar-refractivity contribution in [2.45, 2.75) is 58.3 Å². The van der Waals surface area contributed by atoms with E-state index >= 15 is 0 Å². The van der Waals surface area contributed by atoms with Gasteiger partial charge in [0, 0.05) is 18.7 Å². The van der Waals surface area contributed by atoms with Crippen molar-refractivity contribution >= 4 is 17.5 Å². The zero-order chi connectivity index (χ0) is 23.9. The Labute approximate surface area is 208 Å². The first kappa shape index (κ1) is 25.0. The van der Waals surface area contributed by atoms with Crippen molar-refractivity contribution in [2.24, 2.45) is 5.92 Å². The monoisotopic (exact) mass is 485 g/mol. The van der Waals surface area contributed by atoms with Crippen LogP contribution in [0.15, 0.2) is 53.4 Å². The van der Waals surface area contributed by atoms with E-state index in [0.717, 1.165) is 43.2 Å². The molecule has 0 radical (unpaired) electrons. The van der Waals surface area contributed by atoms with E-state index in [2.05, 4.69) is 28.1 Å². The molecule has 0 aromatic heterocycles. The summed E-state index contributed by atoms with van der Waals surface area (Å²) in [5.74, 6) is -0.0225. The number of carbonyl (C=O) groups is 1. The van der Waals surface area contributed by atoms with E-state index < -0.39 is 5.82 Å². The minimum atomic E-state index is -0.522. The molecule has 4 nitrogen and oxygen atoms in total. The van der Waals surface area contributed by atoms with Crippen molar-refractivity contribution in [3.05, 3.63) is 69.8 Å². The molecule has 6 heteroatoms. The normalized spacial score (nSPS) is 20.7. The van der Waals surface area contributed by atoms with Gasteiger partial charge in [0.1, 0.15) is 5.82 Å². The molecule has 0 spiro atoms. The number of rotatable bonds is 6. The van der Waals surface area contributed by atoms with Crippen molar-refractivity contribution in [3.8, 4) is 0 Å². The van der Waals surface area contributed by atoms with Crippen LogP contribution in [0.3, 0.4) is 0 Å². The molecule has 0 atom stereocenters. The topological polar surface area (TPSA) is 35.6 Å². The predicted molar refractivity (Wildman–Crippen MR) is 137 cm³/mol. The lowest BCUT2D eigenvalue weighted by atomic mass is 9.91. The van der Waals surface area contributed by atoms with Crippen LogP contribution in [0.1, 0.15) is 68.6 Å². The van der Waals surface area contributed by atoms with E-state index in [0.29, 0.717) is 5.56 Å². The van der Waals surface area contributed by atoms with E-state index in [1.807, 2.05) is 12.2 Å². The van der Waals surface area contributed by atoms with E-state index in [1.165, 1.54) is 81.9 Å². The molecule has 1 aromatic carbocycles. The summed E-state index contributed by atoms with van der Waals surface area (Å²) in [6.07, 6.45) is 15.9. The molecule has 4 rings (SSSR count). The maximum absolute atomic E-state index is 13.6. The molecular weight excluding hydrogens is 449 g/mol. The Kier molecular flexibility index (Phi) is 8.85. The Morgan fingerprint density at radius 2 is 1.91 bits per heavy atom. The standard InChI is InChI=1S/C28H37ClFN3O/c1-21-8-4-2-5-9-26(31-28(34)23-10-11-25(30)24(29)20-23)27(21)33-18-13-22(14-19-33)12-17-32-15-6-3-7-16-32/h2,5,9-11,20,22H,3-4,6-8,12-19H2,1H3,(H,31,34). The third kappa shape index (κ3) is 6.51. The highest BCUT2D eigenvalue weighted by Gasteiger charge is 2.26. The molecule has 1 N–H and O–H groups in total. The van der Waals surface area contributed by atoms with Gasteiger partial charge in [0.2, 0.25) is 0 Å². The number of nitrogens with zero attached hydrogens (tertiary/aromatic N) is 2. The van der Waals surface area contributed by atoms with Crippen molar-refractivity contribution < 1.29 is 9.18 Å². The number of piperidine rings is 2. The second-order valence-corrected chi connectivity index (χ2v) is 10.3. The van der Waals surface area contributed by atoms with Crippen LogP contribution >= 0.6 is 11.6 Å². The quantitative estimate of drug-likeness (QED) is 0.513. The molecule has 0 saturated carbocycles. The second-order valence-electron chi connectivity index (χ2n) is 9.88. The van der Waals surface area contributed by atoms with Crippen molar-refractivity contribution in [1.82, 2.24) is 15.1 Å². The minimum absolute atomic E-state index is 0.0437. The first-order valence-corrected chi connectivity index (χ1v) is 13.2. The van der Waals surface area contributed by atoms with Gasteiger partial charge in [-0.05, 0) is 107 Å². The Morgan fingerprint density at radius 3 is 2.65 bits per heavy atom. The summed E-state index contributed by atoms with van der Waals surface area (Å²) in [4.78, 5) is 18.1. The van der Waals surface area contributed by atoms with Crippen LogP contribution in [0.5, 0.6) is 0 Å². The van der Waals surface area contributed by atoms with Gasteiger partial charge >= 0.3 is 0 Å². The summed E-state index contributed by atoms with van der Waals surface area (Å²) in [6.45, 7) is 7.97. The van der Waals surface area contributed by atoms with Gasteiger partial charge in [0.15, 0.2) is 0 Å². The van der Waals surface area contributed by atoms with Crippen LogP contribution in [0.25, 0.3) is 0 Å². The average molecular weight is 486 g/mol. The fourth-order valence-electron chi connectivity index (χ4n) is 5.35. The SMILES string of the molecule is CC1=C(N2CCC(CCN3CCCCC3)CC2)C(NC(=O)c2ccc(F)c(Cl)c2)=CC=CCC1. The maximum Gasteiger partial charge on any atom is 0.255 e. The molecule has 2 heterocycles. The number of benzene rings is 1. The number of hydrogen-bond donors (Lipinski definition) is 1. The van der Waals surface area contributed by atoms with Gasteiger partial charge in [-0.2, -0.15) is 0 Å². The molecule has 3 aliphatic rings. The van der Waals surface area contributed by atoms with Gasteiger partial charge in [0.05, 0.1) is 16.4 Å². The number of allylic oxidation sites excluding steroid dienone is 4. The fraction of sp³-hybridized carbons (Fsp3) is 0.536. The number of hydrogen-bond acceptors (Lipinski definition) is 3. The fourth-order valence-corrected chi connectivity index (χ4v) is 5.53. The number of halogens is 2. The highest BCUT2D eigenvalue weighted by atomic mass is 35.5. The lowest BCUT2D eigenvalue weighted by molar-refractivity contribution is 0.0963. The van der Waals surface area contributed by atoms with Gasteiger partial charge in [-0.25, -0.2) is 4.39 Å². The lowest BCUT2D eigenvalue weighted by Crippen LogP contribution is -2.39. The summed E-state index contributed by atoms with van der Waals surface area (Å²) in [7, 11) is 0. The molecular formula is C28H37ClFN3O. The van der Waals surface area contributed by atoms with Crippen LogP contribution < -0.4 is 5.32 Å². The van der Waals surface area contributed by atoms with E-state index in [9.17, 15) is 9.18 Å². The summed E-state index contributed by atoms with van der Waals surface area (Å²) in [6, 6.07) is 4.09. The highest BCUT2D eigenvalue weighted by molar-refractivity contribution is 6.31. The van der Waals surface area contributed by atoms with Crippen LogP contribution in [-0.4, -0.2) is 48.4 Å². The zero-order valence-corrected chi connectivity index (χ0v) is 21.0. The van der Waals surface area contributed by atoms with E-state index in [1.54, 1.807) is 0 Å². The molecule has 2 fully saturated rings. The largest absolute Gasteiger partial charge is 0.370 e. The van der Waals surface area contributed by atoms with Crippen molar-refractivity contribution in [2.75, 3.05) is 32.7 Å². The first-order chi connectivity index (χ1) is 16.5. The summed E-state index contributed by atoms with van der Waals surface area (Å²) in [5.41, 5.74) is 3.60.